The molecule has 0 aliphatic carbocycles. The van der Waals surface area contributed by atoms with Crippen molar-refractivity contribution in [1.82, 2.24) is 10.2 Å². The van der Waals surface area contributed by atoms with Gasteiger partial charge in [-0.05, 0) is 20.4 Å². The summed E-state index contributed by atoms with van der Waals surface area (Å²) < 4.78 is 5.25. The Kier molecular flexibility index (Phi) is 6.05. The molecule has 18 heavy (non-hydrogen) atoms. The number of likely N-dealkylation sites (N-methyl/N-ethyl adjacent to an activating group) is 1. The van der Waals surface area contributed by atoms with Crippen molar-refractivity contribution in [3.63, 3.8) is 0 Å². The number of hydrogen-bond acceptors (Lipinski definition) is 4. The molecule has 0 aromatic heterocycles. The highest BCUT2D eigenvalue weighted by atomic mass is 16.5. The molecule has 0 saturated carbocycles. The van der Waals surface area contributed by atoms with E-state index in [0.29, 0.717) is 39.1 Å². The second-order valence-corrected chi connectivity index (χ2v) is 5.22. The van der Waals surface area contributed by atoms with Crippen LogP contribution >= 0.6 is 0 Å². The molecular formula is C13H26N2O3. The number of carbonyl (C=O) groups excluding carboxylic acids is 1. The van der Waals surface area contributed by atoms with Crippen LogP contribution in [0.1, 0.15) is 33.1 Å². The summed E-state index contributed by atoms with van der Waals surface area (Å²) in [5.74, 6) is 0.0232. The summed E-state index contributed by atoms with van der Waals surface area (Å²) in [4.78, 5) is 13.7. The molecule has 1 aliphatic rings. The van der Waals surface area contributed by atoms with Crippen LogP contribution in [0.5, 0.6) is 0 Å². The lowest BCUT2D eigenvalue weighted by atomic mass is 9.93. The van der Waals surface area contributed by atoms with Crippen LogP contribution in [0.2, 0.25) is 0 Å². The fraction of sp³-hybridized carbons (Fsp3) is 0.923. The van der Waals surface area contributed by atoms with E-state index in [9.17, 15) is 9.90 Å². The molecule has 1 fully saturated rings. The van der Waals surface area contributed by atoms with Crippen molar-refractivity contribution in [2.45, 2.75) is 44.8 Å². The number of nitrogens with one attached hydrogen (secondary N) is 1. The summed E-state index contributed by atoms with van der Waals surface area (Å²) in [6, 6.07) is -0.219. The third-order valence-electron chi connectivity index (χ3n) is 3.56. The number of aliphatic hydroxyl groups is 1. The van der Waals surface area contributed by atoms with E-state index in [0.717, 1.165) is 6.42 Å². The molecule has 106 valence electrons. The van der Waals surface area contributed by atoms with E-state index < -0.39 is 5.60 Å². The number of rotatable bonds is 6. The van der Waals surface area contributed by atoms with Gasteiger partial charge in [-0.1, -0.05) is 6.92 Å². The minimum Gasteiger partial charge on any atom is -0.388 e. The van der Waals surface area contributed by atoms with Crippen molar-refractivity contribution in [2.24, 2.45) is 0 Å². The molecule has 2 N–H and O–H groups in total. The first kappa shape index (κ1) is 15.4. The van der Waals surface area contributed by atoms with Gasteiger partial charge in [0.2, 0.25) is 5.91 Å². The molecule has 0 aromatic carbocycles. The molecule has 1 amide bonds. The van der Waals surface area contributed by atoms with Gasteiger partial charge in [0.1, 0.15) is 0 Å². The lowest BCUT2D eigenvalue weighted by Crippen LogP contribution is -2.51. The Morgan fingerprint density at radius 3 is 2.67 bits per heavy atom. The third-order valence-corrected chi connectivity index (χ3v) is 3.56. The molecule has 0 radical (unpaired) electrons. The van der Waals surface area contributed by atoms with Gasteiger partial charge in [-0.3, -0.25) is 9.69 Å². The van der Waals surface area contributed by atoms with Gasteiger partial charge in [-0.25, -0.2) is 0 Å². The predicted octanol–water partition coefficient (Wildman–Crippen LogP) is 0.374. The second-order valence-electron chi connectivity index (χ2n) is 5.22. The van der Waals surface area contributed by atoms with Gasteiger partial charge in [0, 0.05) is 39.1 Å². The van der Waals surface area contributed by atoms with Crippen molar-refractivity contribution < 1.29 is 14.6 Å². The normalized spacial score (nSPS) is 20.7. The molecule has 0 spiro atoms. The fourth-order valence-corrected chi connectivity index (χ4v) is 2.11. The van der Waals surface area contributed by atoms with Crippen LogP contribution < -0.4 is 5.32 Å². The van der Waals surface area contributed by atoms with Crippen LogP contribution in [0.25, 0.3) is 0 Å². The molecule has 0 bridgehead atoms. The first-order valence-corrected chi connectivity index (χ1v) is 6.76. The zero-order chi connectivity index (χ0) is 13.6. The molecule has 1 atom stereocenters. The smallest absolute Gasteiger partial charge is 0.237 e. The minimum absolute atomic E-state index is 0.0232. The van der Waals surface area contributed by atoms with Crippen LogP contribution in [-0.4, -0.2) is 60.9 Å². The summed E-state index contributed by atoms with van der Waals surface area (Å²) in [6.07, 6.45) is 2.21. The minimum atomic E-state index is -0.716. The van der Waals surface area contributed by atoms with Gasteiger partial charge < -0.3 is 15.2 Å². The summed E-state index contributed by atoms with van der Waals surface area (Å²) in [5.41, 5.74) is -0.716. The molecule has 1 unspecified atom stereocenters. The molecule has 5 nitrogen and oxygen atoms in total. The lowest BCUT2D eigenvalue weighted by molar-refractivity contribution is -0.128. The van der Waals surface area contributed by atoms with E-state index in [-0.39, 0.29) is 11.9 Å². The van der Waals surface area contributed by atoms with Gasteiger partial charge in [0.25, 0.3) is 0 Å². The number of hydrogen-bond donors (Lipinski definition) is 2. The average Bonchev–Trinajstić information content (AvgIpc) is 2.35. The molecule has 0 aromatic rings. The topological polar surface area (TPSA) is 61.8 Å². The van der Waals surface area contributed by atoms with Crippen molar-refractivity contribution >= 4 is 5.91 Å². The highest BCUT2D eigenvalue weighted by molar-refractivity contribution is 5.81. The maximum Gasteiger partial charge on any atom is 0.237 e. The summed E-state index contributed by atoms with van der Waals surface area (Å²) in [7, 11) is 1.88. The summed E-state index contributed by atoms with van der Waals surface area (Å²) in [5, 5.41) is 13.3. The standard InChI is InChI=1S/C13H26N2O3/c1-4-7-14-12(16)11(2)15(3)10-13(17)5-8-18-9-6-13/h11,17H,4-10H2,1-3H3,(H,14,16). The van der Waals surface area contributed by atoms with Crippen LogP contribution in [0.15, 0.2) is 0 Å². The van der Waals surface area contributed by atoms with Crippen LogP contribution in [0, 0.1) is 0 Å². The van der Waals surface area contributed by atoms with Crippen molar-refractivity contribution in [1.29, 1.82) is 0 Å². The highest BCUT2D eigenvalue weighted by Crippen LogP contribution is 2.21. The Balaban J connectivity index is 2.42. The lowest BCUT2D eigenvalue weighted by Gasteiger charge is -2.37. The molecule has 5 heteroatoms. The number of carbonyl (C=O) groups is 1. The Morgan fingerprint density at radius 1 is 1.50 bits per heavy atom. The zero-order valence-corrected chi connectivity index (χ0v) is 11.7. The highest BCUT2D eigenvalue weighted by Gasteiger charge is 2.33. The van der Waals surface area contributed by atoms with E-state index in [1.165, 1.54) is 0 Å². The Hall–Kier alpha value is -0.650. The second kappa shape index (κ2) is 7.07. The van der Waals surface area contributed by atoms with E-state index in [1.54, 1.807) is 0 Å². The largest absolute Gasteiger partial charge is 0.388 e. The SMILES string of the molecule is CCCNC(=O)C(C)N(C)CC1(O)CCOCC1. The quantitative estimate of drug-likeness (QED) is 0.723. The molecule has 1 heterocycles. The number of amides is 1. The monoisotopic (exact) mass is 258 g/mol. The maximum atomic E-state index is 11.8. The van der Waals surface area contributed by atoms with E-state index >= 15 is 0 Å². The Bertz CT molecular complexity index is 265. The van der Waals surface area contributed by atoms with E-state index in [4.69, 9.17) is 4.74 Å². The number of nitrogens with zero attached hydrogens (tertiary/aromatic N) is 1. The van der Waals surface area contributed by atoms with Crippen LogP contribution in [0.3, 0.4) is 0 Å². The maximum absolute atomic E-state index is 11.8. The van der Waals surface area contributed by atoms with Gasteiger partial charge in [0.15, 0.2) is 0 Å². The van der Waals surface area contributed by atoms with E-state index in [2.05, 4.69) is 5.32 Å². The first-order chi connectivity index (χ1) is 8.48. The molecule has 1 saturated heterocycles. The van der Waals surface area contributed by atoms with Gasteiger partial charge in [-0.2, -0.15) is 0 Å². The summed E-state index contributed by atoms with van der Waals surface area (Å²) >= 11 is 0. The van der Waals surface area contributed by atoms with Gasteiger partial charge >= 0.3 is 0 Å². The van der Waals surface area contributed by atoms with Crippen LogP contribution in [-0.2, 0) is 9.53 Å². The van der Waals surface area contributed by atoms with E-state index in [1.807, 2.05) is 25.8 Å². The zero-order valence-electron chi connectivity index (χ0n) is 11.7. The first-order valence-electron chi connectivity index (χ1n) is 6.76. The fourth-order valence-electron chi connectivity index (χ4n) is 2.11. The Labute approximate surface area is 109 Å². The predicted molar refractivity (Wildman–Crippen MR) is 70.4 cm³/mol. The van der Waals surface area contributed by atoms with Crippen molar-refractivity contribution in [2.75, 3.05) is 33.4 Å². The van der Waals surface area contributed by atoms with Crippen molar-refractivity contribution in [3.05, 3.63) is 0 Å². The Morgan fingerprint density at radius 2 is 2.11 bits per heavy atom. The molecule has 1 aliphatic heterocycles. The molecular weight excluding hydrogens is 232 g/mol. The summed E-state index contributed by atoms with van der Waals surface area (Å²) in [6.45, 7) is 6.31. The number of ether oxygens (including phenoxy) is 1. The van der Waals surface area contributed by atoms with Crippen molar-refractivity contribution in [3.8, 4) is 0 Å². The molecule has 1 rings (SSSR count). The average molecular weight is 258 g/mol. The van der Waals surface area contributed by atoms with Crippen LogP contribution in [0.4, 0.5) is 0 Å². The van der Waals surface area contributed by atoms with Gasteiger partial charge in [-0.15, -0.1) is 0 Å². The third kappa shape index (κ3) is 4.55. The van der Waals surface area contributed by atoms with Gasteiger partial charge in [0.05, 0.1) is 11.6 Å².